The summed E-state index contributed by atoms with van der Waals surface area (Å²) in [5, 5.41) is 36.4. The zero-order valence-corrected chi connectivity index (χ0v) is 74.7. The molecule has 14 amide bonds. The monoisotopic (exact) mass is 1840 g/mol. The first-order valence-electron chi connectivity index (χ1n) is 44.0. The number of carbonyl (C=O) groups is 14. The molecule has 136 heavy (non-hydrogen) atoms. The van der Waals surface area contributed by atoms with Crippen LogP contribution in [-0.2, 0) is 95.6 Å². The van der Waals surface area contributed by atoms with E-state index in [-0.39, 0.29) is 96.0 Å². The second kappa shape index (κ2) is 38.2. The van der Waals surface area contributed by atoms with E-state index in [0.29, 0.717) is 113 Å². The maximum absolute atomic E-state index is 13.2. The lowest BCUT2D eigenvalue weighted by Gasteiger charge is -2.41. The molecule has 12 heterocycles. The highest BCUT2D eigenvalue weighted by Gasteiger charge is 2.49. The van der Waals surface area contributed by atoms with Crippen LogP contribution in [0.1, 0.15) is 128 Å². The number of fused-ring (bicyclic) bond motifs is 24. The minimum Gasteiger partial charge on any atom is -0.492 e. The third-order valence-electron chi connectivity index (χ3n) is 26.3. The van der Waals surface area contributed by atoms with E-state index in [1.54, 1.807) is 87.7 Å². The minimum absolute atomic E-state index is 0.0286. The average Bonchev–Trinajstić information content (AvgIpc) is 1.70. The van der Waals surface area contributed by atoms with Gasteiger partial charge in [0.05, 0.1) is 68.5 Å². The summed E-state index contributed by atoms with van der Waals surface area (Å²) in [6.45, 7) is 11.7. The summed E-state index contributed by atoms with van der Waals surface area (Å²) in [7, 11) is 6.25. The van der Waals surface area contributed by atoms with E-state index in [4.69, 9.17) is 26.1 Å². The van der Waals surface area contributed by atoms with Gasteiger partial charge in [-0.25, -0.2) is 24.7 Å². The van der Waals surface area contributed by atoms with Crippen LogP contribution in [0.3, 0.4) is 0 Å². The number of nitrogens with two attached hydrogens (primary N) is 1. The molecule has 8 bridgehead atoms. The number of hydrogen-bond donors (Lipinski definition) is 7. The highest BCUT2D eigenvalue weighted by atomic mass is 16.7. The molecule has 0 saturated carbocycles. The number of anilines is 1. The number of Topliss-reactive ketones (excluding diaryl/α,β-unsaturated/α-hetero) is 2. The Labute approximate surface area is 777 Å². The van der Waals surface area contributed by atoms with Crippen molar-refractivity contribution in [1.29, 1.82) is 0 Å². The molecule has 35 heteroatoms. The molecule has 0 aliphatic carbocycles. The van der Waals surface area contributed by atoms with Gasteiger partial charge in [-0.05, 0) is 123 Å². The Hall–Kier alpha value is -16.2. The highest BCUT2D eigenvalue weighted by Crippen LogP contribution is 2.47. The summed E-state index contributed by atoms with van der Waals surface area (Å²) >= 11 is 0. The van der Waals surface area contributed by atoms with E-state index in [1.807, 2.05) is 127 Å². The SMILES string of the molecule is C=CC(=O)NCCOc1ccc2c(c1)c1c(n2Cc2ccc(C(=O)CO)cc2)CN2CC1C(=O)N(C)C2=O.C=CC(=O)Nc1ccc2c3c(n(Cc4ccc(C(=O)CO)cc4)c2c1)CN1CC3C(=O)N(C)C1=O.CN1C(=O)C2CN(Cc3c2c2ccccc2n3Cc2ccc(/C=C/C(=O)ON)cc2)C1=O.CN1CC(=O)N2Cc3c(c4ccccc4n3Cc3ccc(C(=O)NO)cc3)C(C2)C1=O. The van der Waals surface area contributed by atoms with E-state index in [2.05, 4.69) is 59.0 Å². The Bertz CT molecular complexity index is 7010. The van der Waals surface area contributed by atoms with Crippen molar-refractivity contribution in [1.82, 2.24) is 68.3 Å². The summed E-state index contributed by atoms with van der Waals surface area (Å²) in [5.74, 6) is 0.587. The first-order chi connectivity index (χ1) is 65.6. The van der Waals surface area contributed by atoms with Crippen LogP contribution < -0.4 is 26.7 Å². The molecule has 35 nitrogen and oxygen atoms in total. The molecule has 694 valence electrons. The van der Waals surface area contributed by atoms with Gasteiger partial charge in [0.25, 0.3) is 5.91 Å². The number of carbonyl (C=O) groups excluding carboxylic acids is 14. The van der Waals surface area contributed by atoms with E-state index in [9.17, 15) is 67.1 Å². The van der Waals surface area contributed by atoms with Gasteiger partial charge in [-0.2, -0.15) is 5.90 Å². The lowest BCUT2D eigenvalue weighted by Crippen LogP contribution is -2.56. The number of amides is 14. The molecule has 0 radical (unpaired) electrons. The van der Waals surface area contributed by atoms with Crippen molar-refractivity contribution in [3.05, 3.63) is 303 Å². The zero-order valence-electron chi connectivity index (χ0n) is 74.7. The van der Waals surface area contributed by atoms with Gasteiger partial charge in [0, 0.05) is 170 Å². The van der Waals surface area contributed by atoms with Crippen LogP contribution in [0.5, 0.6) is 5.75 Å². The normalized spacial score (nSPS) is 17.3. The molecule has 8 N–H and O–H groups in total. The Morgan fingerprint density at radius 1 is 0.441 bits per heavy atom. The fourth-order valence-corrected chi connectivity index (χ4v) is 19.5. The molecule has 0 spiro atoms. The number of ether oxygens (including phenoxy) is 1. The Morgan fingerprint density at radius 2 is 0.838 bits per heavy atom. The number of imide groups is 3. The zero-order chi connectivity index (χ0) is 95.9. The van der Waals surface area contributed by atoms with Crippen molar-refractivity contribution < 1.29 is 92.1 Å². The van der Waals surface area contributed by atoms with Gasteiger partial charge in [-0.15, -0.1) is 0 Å². The van der Waals surface area contributed by atoms with Crippen LogP contribution in [0.25, 0.3) is 49.7 Å². The molecule has 4 fully saturated rings. The van der Waals surface area contributed by atoms with Crippen molar-refractivity contribution in [2.24, 2.45) is 5.90 Å². The number of benzene rings is 8. The summed E-state index contributed by atoms with van der Waals surface area (Å²) in [5.41, 5.74) is 19.5. The van der Waals surface area contributed by atoms with Gasteiger partial charge in [0.1, 0.15) is 25.6 Å². The first-order valence-corrected chi connectivity index (χ1v) is 44.0. The van der Waals surface area contributed by atoms with Crippen LogP contribution in [0, 0.1) is 0 Å². The molecule has 4 saturated heterocycles. The van der Waals surface area contributed by atoms with Gasteiger partial charge in [0.15, 0.2) is 11.6 Å². The fourth-order valence-electron chi connectivity index (χ4n) is 19.5. The number of nitrogens with zero attached hydrogens (tertiary/aromatic N) is 12. The lowest BCUT2D eigenvalue weighted by molar-refractivity contribution is -0.138. The average molecular weight is 1840 g/mol. The lowest BCUT2D eigenvalue weighted by atomic mass is 9.89. The first kappa shape index (κ1) is 91.6. The number of rotatable bonds is 22. The molecular formula is C101H96N16O19. The number of aliphatic hydroxyl groups is 2. The van der Waals surface area contributed by atoms with Gasteiger partial charge in [0.2, 0.25) is 41.4 Å². The summed E-state index contributed by atoms with van der Waals surface area (Å²) in [6.07, 6.45) is 5.29. The number of aliphatic hydroxyl groups excluding tert-OH is 2. The van der Waals surface area contributed by atoms with Crippen LogP contribution in [0.15, 0.2) is 213 Å². The number of ketones is 2. The number of likely N-dealkylation sites (N-methyl/N-ethyl adjacent to an activating group) is 4. The predicted molar refractivity (Wildman–Crippen MR) is 499 cm³/mol. The maximum atomic E-state index is 13.2. The molecule has 8 aliphatic rings. The van der Waals surface area contributed by atoms with Crippen LogP contribution in [0.2, 0.25) is 0 Å². The second-order valence-electron chi connectivity index (χ2n) is 34.3. The predicted octanol–water partition coefficient (Wildman–Crippen LogP) is 8.83. The molecule has 12 aromatic rings. The van der Waals surface area contributed by atoms with E-state index < -0.39 is 36.9 Å². The summed E-state index contributed by atoms with van der Waals surface area (Å²) in [4.78, 5) is 189. The third-order valence-corrected chi connectivity index (χ3v) is 26.3. The number of urea groups is 3. The molecule has 4 aromatic heterocycles. The maximum Gasteiger partial charge on any atom is 0.349 e. The molecule has 4 unspecified atom stereocenters. The molecule has 8 aliphatic heterocycles. The molecule has 8 aromatic carbocycles. The van der Waals surface area contributed by atoms with Gasteiger partial charge in [-0.1, -0.05) is 141 Å². The largest absolute Gasteiger partial charge is 0.492 e. The Kier molecular flexibility index (Phi) is 25.7. The summed E-state index contributed by atoms with van der Waals surface area (Å²) < 4.78 is 14.4. The third kappa shape index (κ3) is 17.4. The number of para-hydroxylation sites is 2. The number of hydroxylamine groups is 1. The number of aromatic nitrogens is 4. The number of nitrogens with one attached hydrogen (secondary N) is 3. The van der Waals surface area contributed by atoms with Crippen LogP contribution >= 0.6 is 0 Å². The smallest absolute Gasteiger partial charge is 0.349 e. The molecule has 4 atom stereocenters. The number of hydrogen-bond acceptors (Lipinski definition) is 20. The van der Waals surface area contributed by atoms with E-state index in [1.165, 1.54) is 51.9 Å². The van der Waals surface area contributed by atoms with Gasteiger partial charge >= 0.3 is 24.1 Å². The van der Waals surface area contributed by atoms with Gasteiger partial charge in [-0.3, -0.25) is 67.9 Å². The Balaban J connectivity index is 0.000000126. The second-order valence-corrected chi connectivity index (χ2v) is 34.3. The molecule has 20 rings (SSSR count). The van der Waals surface area contributed by atoms with E-state index in [0.717, 1.165) is 116 Å². The quantitative estimate of drug-likeness (QED) is 0.0109. The van der Waals surface area contributed by atoms with Crippen molar-refractivity contribution in [3.8, 4) is 5.75 Å². The van der Waals surface area contributed by atoms with Crippen LogP contribution in [-0.4, -0.2) is 243 Å². The Morgan fingerprint density at radius 3 is 1.28 bits per heavy atom. The van der Waals surface area contributed by atoms with Crippen molar-refractivity contribution in [2.75, 3.05) is 92.6 Å². The summed E-state index contributed by atoms with van der Waals surface area (Å²) in [6, 6.07) is 55.2. The molecular weight excluding hydrogens is 1740 g/mol. The van der Waals surface area contributed by atoms with Gasteiger partial charge < -0.3 is 73.2 Å². The standard InChI is InChI=1S/C28H28N4O6.C26H24N4O5.C24H22N4O4.C23H22N4O4/c1-3-25(35)29-10-11-38-19-8-9-22-20(12-19)26-21-14-31(28(37)30(2)27(21)36)15-23(26)32(22)13-17-4-6-18(7-5-17)24(34)16-33;1-3-23(33)27-17-8-9-18-20(10-17)30(11-15-4-6-16(7-5-15)22(32)14-31)21-13-29-12-19(24(18)21)25(34)28(2)26(29)35;1-26-23(30)18-13-27(24(26)31)14-20-22(18)17-4-2-3-5-19(17)28(20)12-16-8-6-15(7-9-16)10-11-21(29)32-25;1-25-13-20(28)26-11-17(23(25)30)21-16-4-2-3-5-18(16)27(19(21)12-26)10-14-6-8-15(9-7-14)22(29)24-31/h3-9,12,21,33H,1,10-11,13-16H2,2H3,(H,29,35);3-10,19,31H,1,11-14H2,2H3,(H,27,33);2-11,18H,12-14,25H2,1H3;2-9,17,31H,10-13H2,1H3,(H,24,29)/b;;11-10+;. The van der Waals surface area contributed by atoms with Crippen molar-refractivity contribution in [3.63, 3.8) is 0 Å². The van der Waals surface area contributed by atoms with Crippen LogP contribution in [0.4, 0.5) is 20.1 Å². The van der Waals surface area contributed by atoms with E-state index >= 15 is 0 Å². The van der Waals surface area contributed by atoms with Crippen molar-refractivity contribution >= 4 is 138 Å². The minimum atomic E-state index is -0.616. The fraction of sp³-hybridized carbons (Fsp3) is 0.248. The highest BCUT2D eigenvalue weighted by molar-refractivity contribution is 6.09. The topological polar surface area (TPSA) is 426 Å². The van der Waals surface area contributed by atoms with Crippen molar-refractivity contribution in [2.45, 2.75) is 76.0 Å².